The molecule has 0 radical (unpaired) electrons. The highest BCUT2D eigenvalue weighted by Crippen LogP contribution is 2.64. The smallest absolute Gasteiger partial charge is 0.399 e. The molecule has 4 aliphatic carbocycles. The molecule has 0 bridgehead atoms. The standard InChI is InChI=1S/C51H35N3.C34H33BO2.C23H15N3.CH4.H2/c1-50(2)42-25-9-11-27-44(42)51(45-28-12-10-26-43(45)50)41-24-8-7-21-37(41)38-30-29-34(31-46(38)51)47-52-48(39-22-13-17-32-15-3-5-19-35(32)39)54-49(53-47)40-23-14-18-33-16-4-6-20-36(33)40;1-31(2)26-15-9-11-17-28(26)34(29-18-12-10-16-27(29)31)25-14-8-7-13-23(25)24-20-19-22(21-30(24)34)35-36-32(3,4)33(5,6)37-35;1-3-11-18-16(7-1)9-5-13-20(18)22-24-15-25-23(26-22)21-14-6-10-17-8-2-4-12-19(17)21;;/h3-31H,1-2H3;7-21H,1-6H3;1-15H;1H4;1H/i;;;;1+1. The summed E-state index contributed by atoms with van der Waals surface area (Å²) in [5.41, 5.74) is 25.4. The SMILES string of the molecule is C.CC1(C)c2ccccc2C2(c3ccccc3-c3ccc(-c4nc(-c5cccc6ccccc56)nc(-c5cccc6ccccc56)n4)cc32)c2ccccc21.CC1(C)c2ccccc2C2(c3ccccc3-c3ccc(B4OC(C)(C)C(C)(C)O4)cc32)c2ccccc21.[2HH].c1ccc2c(-c3ncnc(-c4cccc5ccccc45)n3)cccc2c1. The third-order valence-electron chi connectivity index (χ3n) is 26.2. The van der Waals surface area contributed by atoms with Gasteiger partial charge >= 0.3 is 7.12 Å². The van der Waals surface area contributed by atoms with E-state index in [2.05, 4.69) is 381 Å². The van der Waals surface area contributed by atoms with Crippen molar-refractivity contribution in [1.29, 1.82) is 0 Å². The van der Waals surface area contributed by atoms with Crippen LogP contribution in [0.3, 0.4) is 0 Å². The predicted octanol–water partition coefficient (Wildman–Crippen LogP) is 25.6. The topological polar surface area (TPSA) is 95.8 Å². The highest BCUT2D eigenvalue weighted by Gasteiger charge is 2.57. The van der Waals surface area contributed by atoms with E-state index in [-0.39, 0.29) is 30.9 Å². The van der Waals surface area contributed by atoms with Gasteiger partial charge in [0.25, 0.3) is 0 Å². The van der Waals surface area contributed by atoms with Crippen LogP contribution in [-0.4, -0.2) is 48.2 Å². The molecule has 5 aliphatic rings. The Hall–Kier alpha value is -13.4. The maximum Gasteiger partial charge on any atom is 0.494 e. The Kier molecular flexibility index (Phi) is 17.4. The van der Waals surface area contributed by atoms with Gasteiger partial charge < -0.3 is 9.31 Å². The number of hydrogen-bond acceptors (Lipinski definition) is 8. The number of benzene rings is 16. The summed E-state index contributed by atoms with van der Waals surface area (Å²) in [4.78, 5) is 29.6. The average Bonchev–Trinajstić information content (AvgIpc) is 1.55. The van der Waals surface area contributed by atoms with Gasteiger partial charge in [0.05, 0.1) is 22.0 Å². The Morgan fingerprint density at radius 2 is 0.508 bits per heavy atom. The summed E-state index contributed by atoms with van der Waals surface area (Å²) in [5, 5.41) is 9.17. The molecule has 9 heteroatoms. The van der Waals surface area contributed by atoms with Crippen molar-refractivity contribution in [2.45, 2.75) is 95.7 Å². The van der Waals surface area contributed by atoms with Crippen molar-refractivity contribution in [3.63, 3.8) is 0 Å². The molecule has 3 heterocycles. The zero-order chi connectivity index (χ0) is 79.2. The number of nitrogens with zero attached hydrogens (tertiary/aromatic N) is 6. The summed E-state index contributed by atoms with van der Waals surface area (Å²) in [6.07, 6.45) is 1.60. The fourth-order valence-electron chi connectivity index (χ4n) is 20.0. The Morgan fingerprint density at radius 1 is 0.237 bits per heavy atom. The van der Waals surface area contributed by atoms with E-state index >= 15 is 0 Å². The second-order valence-corrected chi connectivity index (χ2v) is 33.7. The van der Waals surface area contributed by atoms with E-state index in [1.807, 2.05) is 36.4 Å². The van der Waals surface area contributed by atoms with Gasteiger partial charge in [-0.3, -0.25) is 0 Å². The van der Waals surface area contributed by atoms with E-state index in [0.717, 1.165) is 65.6 Å². The van der Waals surface area contributed by atoms with E-state index in [1.54, 1.807) is 6.33 Å². The number of fused-ring (bicyclic) bond motifs is 22. The van der Waals surface area contributed by atoms with Crippen molar-refractivity contribution in [3.8, 4) is 79.2 Å². The van der Waals surface area contributed by atoms with Crippen molar-refractivity contribution in [1.82, 2.24) is 29.9 Å². The fraction of sp³-hybridized carbons (Fsp3) is 0.138. The van der Waals surface area contributed by atoms with Crippen molar-refractivity contribution in [2.75, 3.05) is 0 Å². The van der Waals surface area contributed by atoms with E-state index < -0.39 is 17.9 Å². The van der Waals surface area contributed by atoms with Gasteiger partial charge in [0.1, 0.15) is 6.33 Å². The lowest BCUT2D eigenvalue weighted by Crippen LogP contribution is -2.41. The molecule has 0 unspecified atom stereocenters. The van der Waals surface area contributed by atoms with Gasteiger partial charge in [-0.25, -0.2) is 29.9 Å². The summed E-state index contributed by atoms with van der Waals surface area (Å²) in [6.45, 7) is 17.9. The molecule has 1 fully saturated rings. The van der Waals surface area contributed by atoms with Gasteiger partial charge in [-0.1, -0.05) is 381 Å². The number of hydrogen-bond donors (Lipinski definition) is 0. The quantitative estimate of drug-likeness (QED) is 0.152. The minimum atomic E-state index is -0.505. The maximum absolute atomic E-state index is 6.51. The van der Waals surface area contributed by atoms with Gasteiger partial charge in [-0.15, -0.1) is 0 Å². The second-order valence-electron chi connectivity index (χ2n) is 33.7. The number of rotatable bonds is 6. The molecule has 0 saturated carbocycles. The van der Waals surface area contributed by atoms with Crippen LogP contribution in [0.1, 0.15) is 131 Å². The van der Waals surface area contributed by atoms with Crippen LogP contribution in [0.4, 0.5) is 0 Å². The highest BCUT2D eigenvalue weighted by molar-refractivity contribution is 6.62. The third kappa shape index (κ3) is 11.2. The van der Waals surface area contributed by atoms with E-state index in [1.165, 1.54) is 99.8 Å². The second kappa shape index (κ2) is 27.9. The molecule has 18 aromatic rings. The van der Waals surface area contributed by atoms with Gasteiger partial charge in [0.15, 0.2) is 29.1 Å². The van der Waals surface area contributed by atoms with Crippen LogP contribution in [-0.2, 0) is 31.0 Å². The van der Waals surface area contributed by atoms with Crippen LogP contribution >= 0.6 is 0 Å². The van der Waals surface area contributed by atoms with Crippen LogP contribution in [0.15, 0.2) is 358 Å². The number of aromatic nitrogens is 6. The molecule has 1 aliphatic heterocycles. The Balaban J connectivity index is 0.000000125. The van der Waals surface area contributed by atoms with Gasteiger partial charge in [-0.05, 0) is 171 Å². The van der Waals surface area contributed by atoms with Gasteiger partial charge in [0.2, 0.25) is 0 Å². The summed E-state index contributed by atoms with van der Waals surface area (Å²) >= 11 is 0. The van der Waals surface area contributed by atoms with Gasteiger partial charge in [-0.2, -0.15) is 0 Å². The first kappa shape index (κ1) is 73.5. The molecule has 1 saturated heterocycles. The first-order valence-electron chi connectivity index (χ1n) is 40.6. The van der Waals surface area contributed by atoms with Crippen LogP contribution in [0.25, 0.3) is 122 Å². The zero-order valence-corrected chi connectivity index (χ0v) is 66.6. The summed E-state index contributed by atoms with van der Waals surface area (Å²) < 4.78 is 13.0. The highest BCUT2D eigenvalue weighted by atomic mass is 16.7. The van der Waals surface area contributed by atoms with Crippen molar-refractivity contribution < 1.29 is 10.7 Å². The Morgan fingerprint density at radius 3 is 0.890 bits per heavy atom. The van der Waals surface area contributed by atoms with Gasteiger partial charge in [0, 0.05) is 40.1 Å². The molecule has 0 amide bonds. The lowest BCUT2D eigenvalue weighted by Gasteiger charge is -2.46. The molecule has 118 heavy (non-hydrogen) atoms. The lowest BCUT2D eigenvalue weighted by atomic mass is 9.55. The fourth-order valence-corrected chi connectivity index (χ4v) is 20.0. The monoisotopic (exact) mass is 1530 g/mol. The molecular weight excluding hydrogens is 1440 g/mol. The molecule has 0 atom stereocenters. The Bertz CT molecular complexity index is 6780. The molecule has 570 valence electrons. The van der Waals surface area contributed by atoms with Crippen molar-refractivity contribution >= 4 is 55.7 Å². The maximum atomic E-state index is 6.51. The molecular formula is C109H89BN6O2. The van der Waals surface area contributed by atoms with E-state index in [9.17, 15) is 0 Å². The molecule has 0 N–H and O–H groups in total. The van der Waals surface area contributed by atoms with Crippen LogP contribution in [0.5, 0.6) is 0 Å². The molecule has 16 aromatic carbocycles. The van der Waals surface area contributed by atoms with Crippen LogP contribution in [0, 0.1) is 0 Å². The summed E-state index contributed by atoms with van der Waals surface area (Å²) in [6, 6.07) is 127. The first-order valence-corrected chi connectivity index (χ1v) is 40.6. The molecule has 2 aromatic heterocycles. The predicted molar refractivity (Wildman–Crippen MR) is 487 cm³/mol. The zero-order valence-electron chi connectivity index (χ0n) is 66.6. The minimum Gasteiger partial charge on any atom is -0.399 e. The Labute approximate surface area is 691 Å². The minimum absolute atomic E-state index is 0. The van der Waals surface area contributed by atoms with Crippen molar-refractivity contribution in [3.05, 3.63) is 425 Å². The molecule has 2 spiro atoms. The van der Waals surface area contributed by atoms with Crippen LogP contribution in [0.2, 0.25) is 0 Å². The first-order chi connectivity index (χ1) is 57.0. The average molecular weight is 1530 g/mol. The summed E-state index contributed by atoms with van der Waals surface area (Å²) in [5.74, 6) is 3.36. The van der Waals surface area contributed by atoms with E-state index in [0.29, 0.717) is 29.1 Å². The van der Waals surface area contributed by atoms with Crippen molar-refractivity contribution in [2.24, 2.45) is 0 Å². The largest absolute Gasteiger partial charge is 0.494 e. The van der Waals surface area contributed by atoms with Crippen LogP contribution < -0.4 is 5.46 Å². The lowest BCUT2D eigenvalue weighted by molar-refractivity contribution is 0.00578. The molecule has 8 nitrogen and oxygen atoms in total. The molecule has 23 rings (SSSR count). The summed E-state index contributed by atoms with van der Waals surface area (Å²) in [7, 11) is -0.401. The third-order valence-corrected chi connectivity index (χ3v) is 26.2. The normalized spacial score (nSPS) is 15.5. The van der Waals surface area contributed by atoms with E-state index in [4.69, 9.17) is 29.2 Å².